The van der Waals surface area contributed by atoms with Crippen LogP contribution in [0.3, 0.4) is 0 Å². The second-order valence-electron chi connectivity index (χ2n) is 5.38. The first-order valence-electron chi connectivity index (χ1n) is 6.86. The zero-order chi connectivity index (χ0) is 15.7. The predicted molar refractivity (Wildman–Crippen MR) is 73.1 cm³/mol. The summed E-state index contributed by atoms with van der Waals surface area (Å²) in [7, 11) is 0. The maximum absolute atomic E-state index is 12.9. The average Bonchev–Trinajstić information content (AvgIpc) is 2.94. The van der Waals surface area contributed by atoms with Crippen LogP contribution in [0, 0.1) is 5.92 Å². The van der Waals surface area contributed by atoms with Gasteiger partial charge in [-0.3, -0.25) is 4.79 Å². The minimum absolute atomic E-state index is 0.246. The van der Waals surface area contributed by atoms with Crippen LogP contribution >= 0.6 is 0 Å². The number of imidazole rings is 1. The number of hydrogen-bond acceptors (Lipinski definition) is 2. The van der Waals surface area contributed by atoms with Gasteiger partial charge in [-0.2, -0.15) is 13.2 Å². The molecule has 7 heteroatoms. The standard InChI is InChI=1S/C15H14F3N3O/c16-15(17,18)13-4-2-1-3-12(13)14(22)21-8-11(9-21)7-20-6-5-19-10-20/h1-6,10-11H,7-9H2. The van der Waals surface area contributed by atoms with Gasteiger partial charge >= 0.3 is 6.18 Å². The summed E-state index contributed by atoms with van der Waals surface area (Å²) >= 11 is 0. The molecule has 1 amide bonds. The predicted octanol–water partition coefficient (Wildman–Crippen LogP) is 2.67. The molecule has 1 saturated heterocycles. The lowest BCUT2D eigenvalue weighted by Crippen LogP contribution is -2.51. The zero-order valence-corrected chi connectivity index (χ0v) is 11.6. The summed E-state index contributed by atoms with van der Waals surface area (Å²) < 4.78 is 40.7. The first-order chi connectivity index (χ1) is 10.4. The molecule has 0 spiro atoms. The Kier molecular flexibility index (Phi) is 3.64. The number of rotatable bonds is 3. The fourth-order valence-electron chi connectivity index (χ4n) is 2.63. The van der Waals surface area contributed by atoms with E-state index in [4.69, 9.17) is 0 Å². The van der Waals surface area contributed by atoms with E-state index in [-0.39, 0.29) is 11.5 Å². The normalized spacial score (nSPS) is 15.7. The molecular weight excluding hydrogens is 295 g/mol. The van der Waals surface area contributed by atoms with E-state index in [0.717, 1.165) is 6.07 Å². The van der Waals surface area contributed by atoms with Crippen LogP contribution in [0.5, 0.6) is 0 Å². The van der Waals surface area contributed by atoms with Crippen molar-refractivity contribution in [2.75, 3.05) is 13.1 Å². The van der Waals surface area contributed by atoms with Crippen LogP contribution < -0.4 is 0 Å². The number of nitrogens with zero attached hydrogens (tertiary/aromatic N) is 3. The topological polar surface area (TPSA) is 38.1 Å². The van der Waals surface area contributed by atoms with Crippen LogP contribution in [0.2, 0.25) is 0 Å². The number of halogens is 3. The summed E-state index contributed by atoms with van der Waals surface area (Å²) in [6, 6.07) is 4.91. The average molecular weight is 309 g/mol. The van der Waals surface area contributed by atoms with Crippen LogP contribution in [0.1, 0.15) is 15.9 Å². The van der Waals surface area contributed by atoms with E-state index in [0.29, 0.717) is 19.6 Å². The van der Waals surface area contributed by atoms with Gasteiger partial charge in [0.25, 0.3) is 5.91 Å². The highest BCUT2D eigenvalue weighted by atomic mass is 19.4. The molecule has 0 unspecified atom stereocenters. The van der Waals surface area contributed by atoms with Crippen molar-refractivity contribution in [3.63, 3.8) is 0 Å². The third kappa shape index (κ3) is 2.84. The molecule has 1 aliphatic rings. The second kappa shape index (κ2) is 5.47. The van der Waals surface area contributed by atoms with Gasteiger partial charge in [-0.1, -0.05) is 12.1 Å². The Morgan fingerprint density at radius 1 is 1.27 bits per heavy atom. The summed E-state index contributed by atoms with van der Waals surface area (Å²) in [6.45, 7) is 1.64. The molecular formula is C15H14F3N3O. The highest BCUT2D eigenvalue weighted by Crippen LogP contribution is 2.33. The Hall–Kier alpha value is -2.31. The molecule has 3 rings (SSSR count). The summed E-state index contributed by atoms with van der Waals surface area (Å²) in [6.07, 6.45) is 0.654. The van der Waals surface area contributed by atoms with Gasteiger partial charge in [0.2, 0.25) is 0 Å². The molecule has 22 heavy (non-hydrogen) atoms. The number of amides is 1. The number of likely N-dealkylation sites (tertiary alicyclic amines) is 1. The SMILES string of the molecule is O=C(c1ccccc1C(F)(F)F)N1CC(Cn2ccnc2)C1. The summed E-state index contributed by atoms with van der Waals surface area (Å²) in [5.74, 6) is -0.314. The molecule has 0 radical (unpaired) electrons. The number of carbonyl (C=O) groups is 1. The minimum Gasteiger partial charge on any atom is -0.338 e. The molecule has 4 nitrogen and oxygen atoms in total. The third-order valence-electron chi connectivity index (χ3n) is 3.74. The number of hydrogen-bond donors (Lipinski definition) is 0. The van der Waals surface area contributed by atoms with E-state index in [1.54, 1.807) is 12.5 Å². The molecule has 1 aromatic heterocycles. The quantitative estimate of drug-likeness (QED) is 0.874. The van der Waals surface area contributed by atoms with Gasteiger partial charge in [0.15, 0.2) is 0 Å². The van der Waals surface area contributed by atoms with Gasteiger partial charge in [-0.15, -0.1) is 0 Å². The first-order valence-corrected chi connectivity index (χ1v) is 6.86. The molecule has 0 aliphatic carbocycles. The van der Waals surface area contributed by atoms with Crippen molar-refractivity contribution in [1.29, 1.82) is 0 Å². The van der Waals surface area contributed by atoms with Crippen molar-refractivity contribution in [3.8, 4) is 0 Å². The lowest BCUT2D eigenvalue weighted by Gasteiger charge is -2.39. The van der Waals surface area contributed by atoms with E-state index in [9.17, 15) is 18.0 Å². The van der Waals surface area contributed by atoms with Gasteiger partial charge in [0.1, 0.15) is 0 Å². The lowest BCUT2D eigenvalue weighted by molar-refractivity contribution is -0.138. The smallest absolute Gasteiger partial charge is 0.338 e. The Bertz CT molecular complexity index is 661. The van der Waals surface area contributed by atoms with Crippen LogP contribution in [0.15, 0.2) is 43.0 Å². The minimum atomic E-state index is -4.52. The first kappa shape index (κ1) is 14.6. The van der Waals surface area contributed by atoms with Gasteiger partial charge in [0, 0.05) is 37.9 Å². The van der Waals surface area contributed by atoms with Crippen molar-refractivity contribution >= 4 is 5.91 Å². The molecule has 0 saturated carbocycles. The molecule has 2 aromatic rings. The van der Waals surface area contributed by atoms with Gasteiger partial charge < -0.3 is 9.47 Å². The van der Waals surface area contributed by atoms with E-state index >= 15 is 0 Å². The monoisotopic (exact) mass is 309 g/mol. The van der Waals surface area contributed by atoms with Crippen molar-refractivity contribution in [3.05, 3.63) is 54.1 Å². The van der Waals surface area contributed by atoms with E-state index < -0.39 is 17.6 Å². The van der Waals surface area contributed by atoms with Gasteiger partial charge in [0.05, 0.1) is 17.5 Å². The van der Waals surface area contributed by atoms with Gasteiger partial charge in [-0.25, -0.2) is 4.98 Å². The molecule has 0 bridgehead atoms. The molecule has 0 N–H and O–H groups in total. The summed E-state index contributed by atoms with van der Waals surface area (Å²) in [5.41, 5.74) is -1.16. The highest BCUT2D eigenvalue weighted by Gasteiger charge is 2.38. The zero-order valence-electron chi connectivity index (χ0n) is 11.6. The van der Waals surface area contributed by atoms with E-state index in [2.05, 4.69) is 4.98 Å². The van der Waals surface area contributed by atoms with Gasteiger partial charge in [-0.05, 0) is 12.1 Å². The molecule has 1 aromatic carbocycles. The number of carbonyl (C=O) groups excluding carboxylic acids is 1. The van der Waals surface area contributed by atoms with E-state index in [1.807, 2.05) is 10.8 Å². The maximum atomic E-state index is 12.9. The number of aromatic nitrogens is 2. The Labute approximate surface area is 125 Å². The van der Waals surface area contributed by atoms with Crippen molar-refractivity contribution < 1.29 is 18.0 Å². The van der Waals surface area contributed by atoms with E-state index in [1.165, 1.54) is 23.1 Å². The maximum Gasteiger partial charge on any atom is 0.417 e. The number of alkyl halides is 3. The molecule has 1 aliphatic heterocycles. The number of benzene rings is 1. The van der Waals surface area contributed by atoms with Crippen LogP contribution in [-0.2, 0) is 12.7 Å². The van der Waals surface area contributed by atoms with Crippen LogP contribution in [0.25, 0.3) is 0 Å². The molecule has 0 atom stereocenters. The fourth-order valence-corrected chi connectivity index (χ4v) is 2.63. The lowest BCUT2D eigenvalue weighted by atomic mass is 9.97. The Balaban J connectivity index is 1.67. The third-order valence-corrected chi connectivity index (χ3v) is 3.74. The van der Waals surface area contributed by atoms with Crippen LogP contribution in [0.4, 0.5) is 13.2 Å². The van der Waals surface area contributed by atoms with Crippen molar-refractivity contribution in [2.24, 2.45) is 5.92 Å². The second-order valence-corrected chi connectivity index (χ2v) is 5.38. The Morgan fingerprint density at radius 3 is 2.64 bits per heavy atom. The Morgan fingerprint density at radius 2 is 2.00 bits per heavy atom. The van der Waals surface area contributed by atoms with Crippen molar-refractivity contribution in [2.45, 2.75) is 12.7 Å². The molecule has 116 valence electrons. The summed E-state index contributed by atoms with van der Waals surface area (Å²) in [5, 5.41) is 0. The molecule has 1 fully saturated rings. The molecule has 2 heterocycles. The summed E-state index contributed by atoms with van der Waals surface area (Å²) in [4.78, 5) is 17.6. The van der Waals surface area contributed by atoms with Crippen molar-refractivity contribution in [1.82, 2.24) is 14.5 Å². The highest BCUT2D eigenvalue weighted by molar-refractivity contribution is 5.96. The largest absolute Gasteiger partial charge is 0.417 e. The fraction of sp³-hybridized carbons (Fsp3) is 0.333. The van der Waals surface area contributed by atoms with Crippen LogP contribution in [-0.4, -0.2) is 33.4 Å².